The van der Waals surface area contributed by atoms with E-state index in [9.17, 15) is 9.59 Å². The van der Waals surface area contributed by atoms with Crippen LogP contribution in [0, 0.1) is 22.7 Å². The first-order valence-electron chi connectivity index (χ1n) is 7.31. The van der Waals surface area contributed by atoms with E-state index >= 15 is 0 Å². The number of carbonyl (C=O) groups is 2. The molecular weight excluding hydrogens is 272 g/mol. The Hall–Kier alpha value is -1.36. The summed E-state index contributed by atoms with van der Waals surface area (Å²) in [6, 6.07) is 0. The number of rotatable bonds is 4. The second-order valence-electron chi connectivity index (χ2n) is 6.92. The molecule has 5 nitrogen and oxygen atoms in total. The van der Waals surface area contributed by atoms with Crippen LogP contribution in [0.3, 0.4) is 0 Å². The fourth-order valence-corrected chi connectivity index (χ4v) is 4.96. The van der Waals surface area contributed by atoms with Crippen LogP contribution in [0.25, 0.3) is 0 Å². The number of carbonyl (C=O) groups excluding carboxylic acids is 2. The van der Waals surface area contributed by atoms with Gasteiger partial charge in [-0.1, -0.05) is 20.4 Å². The summed E-state index contributed by atoms with van der Waals surface area (Å²) in [6.07, 6.45) is 0.392. The normalized spacial score (nSPS) is 38.3. The van der Waals surface area contributed by atoms with Gasteiger partial charge in [0.2, 0.25) is 0 Å². The van der Waals surface area contributed by atoms with Crippen molar-refractivity contribution in [1.82, 2.24) is 0 Å². The van der Waals surface area contributed by atoms with E-state index in [0.29, 0.717) is 11.8 Å². The predicted molar refractivity (Wildman–Crippen MR) is 74.3 cm³/mol. The molecule has 5 heteroatoms. The van der Waals surface area contributed by atoms with Gasteiger partial charge in [0.1, 0.15) is 0 Å². The highest BCUT2D eigenvalue weighted by Gasteiger charge is 2.81. The Morgan fingerprint density at radius 2 is 1.76 bits per heavy atom. The summed E-state index contributed by atoms with van der Waals surface area (Å²) >= 11 is 0. The Kier molecular flexibility index (Phi) is 3.00. The molecule has 4 atom stereocenters. The molecule has 4 aliphatic carbocycles. The SMILES string of the molecule is C=C1C(OC(C(=O)OC)C(=O)OC)CC2C3CC12C3(C)C. The van der Waals surface area contributed by atoms with Gasteiger partial charge in [-0.25, -0.2) is 9.59 Å². The summed E-state index contributed by atoms with van der Waals surface area (Å²) < 4.78 is 15.0. The van der Waals surface area contributed by atoms with Gasteiger partial charge in [0.05, 0.1) is 20.3 Å². The lowest BCUT2D eigenvalue weighted by molar-refractivity contribution is -0.279. The minimum absolute atomic E-state index is 0.138. The molecule has 0 heterocycles. The van der Waals surface area contributed by atoms with E-state index in [1.165, 1.54) is 14.2 Å². The van der Waals surface area contributed by atoms with Gasteiger partial charge < -0.3 is 14.2 Å². The minimum atomic E-state index is -1.32. The largest absolute Gasteiger partial charge is 0.467 e. The lowest BCUT2D eigenvalue weighted by Gasteiger charge is -2.78. The lowest BCUT2D eigenvalue weighted by atomic mass is 9.26. The van der Waals surface area contributed by atoms with Crippen molar-refractivity contribution in [3.63, 3.8) is 0 Å². The average Bonchev–Trinajstić information content (AvgIpc) is 2.62. The average molecular weight is 294 g/mol. The van der Waals surface area contributed by atoms with Crippen LogP contribution in [0.4, 0.5) is 0 Å². The highest BCUT2D eigenvalue weighted by molar-refractivity contribution is 5.98. The Morgan fingerprint density at radius 1 is 1.19 bits per heavy atom. The first-order chi connectivity index (χ1) is 9.81. The predicted octanol–water partition coefficient (Wildman–Crippen LogP) is 1.71. The molecule has 0 amide bonds. The number of hydrogen-bond donors (Lipinski definition) is 0. The highest BCUT2D eigenvalue weighted by atomic mass is 16.6. The Labute approximate surface area is 124 Å². The van der Waals surface area contributed by atoms with E-state index in [1.807, 2.05) is 0 Å². The summed E-state index contributed by atoms with van der Waals surface area (Å²) in [7, 11) is 2.46. The number of hydrogen-bond acceptors (Lipinski definition) is 5. The van der Waals surface area contributed by atoms with E-state index in [-0.39, 0.29) is 16.9 Å². The Morgan fingerprint density at radius 3 is 2.14 bits per heavy atom. The Bertz CT molecular complexity index is 507. The maximum Gasteiger partial charge on any atom is 0.346 e. The third-order valence-electron chi connectivity index (χ3n) is 6.30. The van der Waals surface area contributed by atoms with E-state index in [1.54, 1.807) is 0 Å². The third-order valence-corrected chi connectivity index (χ3v) is 6.30. The molecule has 4 unspecified atom stereocenters. The molecule has 4 rings (SSSR count). The molecule has 0 aromatic rings. The zero-order valence-corrected chi connectivity index (χ0v) is 13.0. The molecule has 21 heavy (non-hydrogen) atoms. The molecule has 4 aliphatic rings. The van der Waals surface area contributed by atoms with Gasteiger partial charge in [-0.05, 0) is 35.7 Å². The van der Waals surface area contributed by atoms with Gasteiger partial charge in [-0.15, -0.1) is 0 Å². The summed E-state index contributed by atoms with van der Waals surface area (Å²) in [5.74, 6) is -0.158. The van der Waals surface area contributed by atoms with Crippen molar-refractivity contribution in [2.45, 2.75) is 38.9 Å². The van der Waals surface area contributed by atoms with Gasteiger partial charge in [0.25, 0.3) is 6.10 Å². The molecule has 0 N–H and O–H groups in total. The molecule has 4 fully saturated rings. The number of ether oxygens (including phenoxy) is 3. The van der Waals surface area contributed by atoms with Crippen molar-refractivity contribution < 1.29 is 23.8 Å². The van der Waals surface area contributed by atoms with Gasteiger partial charge in [0.15, 0.2) is 0 Å². The topological polar surface area (TPSA) is 61.8 Å². The van der Waals surface area contributed by atoms with E-state index in [4.69, 9.17) is 4.74 Å². The van der Waals surface area contributed by atoms with Gasteiger partial charge in [-0.3, -0.25) is 0 Å². The molecule has 0 aromatic heterocycles. The van der Waals surface area contributed by atoms with Crippen molar-refractivity contribution in [1.29, 1.82) is 0 Å². The van der Waals surface area contributed by atoms with Crippen LogP contribution >= 0.6 is 0 Å². The first kappa shape index (κ1) is 14.6. The minimum Gasteiger partial charge on any atom is -0.467 e. The molecule has 116 valence electrons. The Balaban J connectivity index is 1.76. The second-order valence-corrected chi connectivity index (χ2v) is 6.92. The van der Waals surface area contributed by atoms with Crippen LogP contribution in [-0.4, -0.2) is 38.4 Å². The fourth-order valence-electron chi connectivity index (χ4n) is 4.96. The van der Waals surface area contributed by atoms with Crippen molar-refractivity contribution in [2.24, 2.45) is 22.7 Å². The molecule has 0 radical (unpaired) electrons. The molecule has 0 aliphatic heterocycles. The summed E-state index contributed by atoms with van der Waals surface area (Å²) in [4.78, 5) is 23.5. The van der Waals surface area contributed by atoms with E-state index in [0.717, 1.165) is 18.4 Å². The fraction of sp³-hybridized carbons (Fsp3) is 0.750. The smallest absolute Gasteiger partial charge is 0.346 e. The molecule has 0 aromatic carbocycles. The highest BCUT2D eigenvalue weighted by Crippen LogP contribution is 2.86. The third kappa shape index (κ3) is 1.50. The maximum atomic E-state index is 11.7. The quantitative estimate of drug-likeness (QED) is 0.449. The van der Waals surface area contributed by atoms with Crippen LogP contribution in [0.2, 0.25) is 0 Å². The van der Waals surface area contributed by atoms with Gasteiger partial charge >= 0.3 is 11.9 Å². The summed E-state index contributed by atoms with van der Waals surface area (Å²) in [6.45, 7) is 8.75. The lowest BCUT2D eigenvalue weighted by Crippen LogP contribution is -2.72. The molecule has 0 saturated heterocycles. The summed E-state index contributed by atoms with van der Waals surface area (Å²) in [5, 5.41) is 0. The van der Waals surface area contributed by atoms with Crippen LogP contribution in [0.15, 0.2) is 12.2 Å². The van der Waals surface area contributed by atoms with Crippen molar-refractivity contribution in [3.05, 3.63) is 12.2 Å². The number of esters is 2. The monoisotopic (exact) mass is 294 g/mol. The first-order valence-corrected chi connectivity index (χ1v) is 7.31. The van der Waals surface area contributed by atoms with Crippen molar-refractivity contribution in [3.8, 4) is 0 Å². The summed E-state index contributed by atoms with van der Waals surface area (Å²) in [5.41, 5.74) is 1.43. The second kappa shape index (κ2) is 4.32. The van der Waals surface area contributed by atoms with Crippen LogP contribution < -0.4 is 0 Å². The maximum absolute atomic E-state index is 11.7. The van der Waals surface area contributed by atoms with E-state index in [2.05, 4.69) is 29.9 Å². The zero-order chi connectivity index (χ0) is 15.6. The standard InChI is InChI=1S/C16H22O5/c1-8-11(21-12(13(17)19-4)14(18)20-5)6-9-10-7-16(8,9)15(10,2)3/h9-12H,1,6-7H2,2-5H3. The van der Waals surface area contributed by atoms with Gasteiger partial charge in [-0.2, -0.15) is 0 Å². The van der Waals surface area contributed by atoms with Crippen LogP contribution in [0.5, 0.6) is 0 Å². The van der Waals surface area contributed by atoms with Crippen LogP contribution in [-0.2, 0) is 23.8 Å². The van der Waals surface area contributed by atoms with Crippen LogP contribution in [0.1, 0.15) is 26.7 Å². The molecular formula is C16H22O5. The van der Waals surface area contributed by atoms with E-state index < -0.39 is 18.0 Å². The van der Waals surface area contributed by atoms with Gasteiger partial charge in [0, 0.05) is 5.41 Å². The molecule has 2 bridgehead atoms. The van der Waals surface area contributed by atoms with Crippen molar-refractivity contribution >= 4 is 11.9 Å². The zero-order valence-electron chi connectivity index (χ0n) is 13.0. The van der Waals surface area contributed by atoms with Crippen molar-refractivity contribution in [2.75, 3.05) is 14.2 Å². The number of methoxy groups -OCH3 is 2. The molecule has 1 spiro atoms. The molecule has 4 saturated carbocycles.